The maximum absolute atomic E-state index is 12.1. The van der Waals surface area contributed by atoms with E-state index in [1.807, 2.05) is 13.0 Å². The third-order valence-corrected chi connectivity index (χ3v) is 4.52. The van der Waals surface area contributed by atoms with Crippen molar-refractivity contribution >= 4 is 45.7 Å². The molecule has 0 fully saturated rings. The van der Waals surface area contributed by atoms with Crippen LogP contribution >= 0.6 is 34.8 Å². The topological polar surface area (TPSA) is 57.8 Å². The molecule has 1 aromatic heterocycles. The van der Waals surface area contributed by atoms with E-state index < -0.39 is 0 Å². The van der Waals surface area contributed by atoms with Crippen molar-refractivity contribution in [2.75, 3.05) is 0 Å². The zero-order valence-corrected chi connectivity index (χ0v) is 15.0. The van der Waals surface area contributed by atoms with Gasteiger partial charge in [0.2, 0.25) is 0 Å². The molecule has 124 valence electrons. The highest BCUT2D eigenvalue weighted by Gasteiger charge is 2.11. The van der Waals surface area contributed by atoms with Crippen molar-refractivity contribution in [3.63, 3.8) is 0 Å². The second-order valence-electron chi connectivity index (χ2n) is 5.44. The molecule has 0 unspecified atom stereocenters. The molecule has 2 aromatic carbocycles. The summed E-state index contributed by atoms with van der Waals surface area (Å²) in [6, 6.07) is 10.3. The van der Waals surface area contributed by atoms with Gasteiger partial charge in [-0.1, -0.05) is 40.9 Å². The Kier molecular flexibility index (Phi) is 5.11. The summed E-state index contributed by atoms with van der Waals surface area (Å²) in [7, 11) is 0. The van der Waals surface area contributed by atoms with Crippen molar-refractivity contribution < 1.29 is 0 Å². The molecular weight excluding hydrogens is 369 g/mol. The minimum atomic E-state index is -0.189. The molecule has 7 heteroatoms. The standard InChI is InChI=1S/C17H14Cl3N3O/c1-9(12-4-2-10(18)6-14(12)20)21-8-16-22-15-7-11(19)3-5-13(15)17(24)23-16/h2-7,9,21H,8H2,1H3,(H,22,23,24)/t9-/m0/s1. The van der Waals surface area contributed by atoms with Gasteiger partial charge < -0.3 is 10.3 Å². The van der Waals surface area contributed by atoms with Crippen LogP contribution in [0.15, 0.2) is 41.2 Å². The third kappa shape index (κ3) is 3.73. The molecule has 3 rings (SSSR count). The molecule has 0 saturated carbocycles. The van der Waals surface area contributed by atoms with Crippen LogP contribution in [-0.2, 0) is 6.54 Å². The van der Waals surface area contributed by atoms with Gasteiger partial charge in [0.25, 0.3) is 5.56 Å². The first-order valence-electron chi connectivity index (χ1n) is 7.31. The lowest BCUT2D eigenvalue weighted by Crippen LogP contribution is -2.22. The number of rotatable bonds is 4. The van der Waals surface area contributed by atoms with E-state index >= 15 is 0 Å². The fourth-order valence-electron chi connectivity index (χ4n) is 2.46. The molecule has 1 heterocycles. The van der Waals surface area contributed by atoms with Crippen LogP contribution in [0, 0.1) is 0 Å². The smallest absolute Gasteiger partial charge is 0.258 e. The normalized spacial score (nSPS) is 12.5. The van der Waals surface area contributed by atoms with Gasteiger partial charge in [-0.3, -0.25) is 4.79 Å². The fourth-order valence-corrected chi connectivity index (χ4v) is 3.20. The monoisotopic (exact) mass is 381 g/mol. The van der Waals surface area contributed by atoms with E-state index in [9.17, 15) is 4.79 Å². The van der Waals surface area contributed by atoms with Gasteiger partial charge in [-0.15, -0.1) is 0 Å². The molecule has 0 radical (unpaired) electrons. The number of nitrogens with one attached hydrogen (secondary N) is 2. The van der Waals surface area contributed by atoms with E-state index in [1.54, 1.807) is 30.3 Å². The Hall–Kier alpha value is -1.59. The summed E-state index contributed by atoms with van der Waals surface area (Å²) in [6.45, 7) is 2.36. The van der Waals surface area contributed by atoms with Crippen molar-refractivity contribution in [3.05, 3.63) is 73.2 Å². The van der Waals surface area contributed by atoms with E-state index in [2.05, 4.69) is 15.3 Å². The van der Waals surface area contributed by atoms with E-state index in [0.29, 0.717) is 38.3 Å². The molecule has 0 amide bonds. The van der Waals surface area contributed by atoms with Crippen LogP contribution in [0.4, 0.5) is 0 Å². The molecule has 0 bridgehead atoms. The van der Waals surface area contributed by atoms with Crippen LogP contribution in [0.3, 0.4) is 0 Å². The van der Waals surface area contributed by atoms with Crippen molar-refractivity contribution in [2.24, 2.45) is 0 Å². The lowest BCUT2D eigenvalue weighted by molar-refractivity contribution is 0.559. The quantitative estimate of drug-likeness (QED) is 0.685. The minimum absolute atomic E-state index is 0.0323. The highest BCUT2D eigenvalue weighted by molar-refractivity contribution is 6.35. The Labute approximate surface area is 153 Å². The summed E-state index contributed by atoms with van der Waals surface area (Å²) >= 11 is 18.1. The summed E-state index contributed by atoms with van der Waals surface area (Å²) < 4.78 is 0. The first kappa shape index (κ1) is 17.2. The van der Waals surface area contributed by atoms with E-state index in [0.717, 1.165) is 5.56 Å². The molecule has 0 aliphatic carbocycles. The molecule has 1 atom stereocenters. The van der Waals surface area contributed by atoms with E-state index in [4.69, 9.17) is 34.8 Å². The Morgan fingerprint density at radius 3 is 2.58 bits per heavy atom. The number of hydrogen-bond donors (Lipinski definition) is 2. The Morgan fingerprint density at radius 1 is 1.12 bits per heavy atom. The highest BCUT2D eigenvalue weighted by Crippen LogP contribution is 2.26. The average Bonchev–Trinajstić information content (AvgIpc) is 2.52. The molecular formula is C17H14Cl3N3O. The molecule has 4 nitrogen and oxygen atoms in total. The van der Waals surface area contributed by atoms with Gasteiger partial charge in [-0.2, -0.15) is 0 Å². The summed E-state index contributed by atoms with van der Waals surface area (Å²) in [6.07, 6.45) is 0. The molecule has 24 heavy (non-hydrogen) atoms. The minimum Gasteiger partial charge on any atom is -0.309 e. The Bertz CT molecular complexity index is 955. The number of hydrogen-bond acceptors (Lipinski definition) is 3. The molecule has 0 aliphatic rings. The number of H-pyrrole nitrogens is 1. The van der Waals surface area contributed by atoms with Crippen LogP contribution < -0.4 is 10.9 Å². The molecule has 3 aromatic rings. The fraction of sp³-hybridized carbons (Fsp3) is 0.176. The number of benzene rings is 2. The van der Waals surface area contributed by atoms with Crippen LogP contribution in [0.2, 0.25) is 15.1 Å². The van der Waals surface area contributed by atoms with Gasteiger partial charge in [0, 0.05) is 21.1 Å². The van der Waals surface area contributed by atoms with Gasteiger partial charge in [0.05, 0.1) is 17.4 Å². The number of aromatic nitrogens is 2. The van der Waals surface area contributed by atoms with Crippen molar-refractivity contribution in [1.82, 2.24) is 15.3 Å². The second kappa shape index (κ2) is 7.11. The predicted octanol–water partition coefficient (Wildman–Crippen LogP) is 4.73. The molecule has 2 N–H and O–H groups in total. The first-order chi connectivity index (χ1) is 11.4. The lowest BCUT2D eigenvalue weighted by Gasteiger charge is -2.15. The summed E-state index contributed by atoms with van der Waals surface area (Å²) in [5.41, 5.74) is 1.30. The Balaban J connectivity index is 1.81. The SMILES string of the molecule is C[C@H](NCc1nc2cc(Cl)ccc2c(=O)[nH]1)c1ccc(Cl)cc1Cl. The number of aromatic amines is 1. The maximum atomic E-state index is 12.1. The maximum Gasteiger partial charge on any atom is 0.258 e. The third-order valence-electron chi connectivity index (χ3n) is 3.72. The van der Waals surface area contributed by atoms with Crippen molar-refractivity contribution in [2.45, 2.75) is 19.5 Å². The number of fused-ring (bicyclic) bond motifs is 1. The highest BCUT2D eigenvalue weighted by atomic mass is 35.5. The summed E-state index contributed by atoms with van der Waals surface area (Å²) in [5.74, 6) is 0.534. The Morgan fingerprint density at radius 2 is 1.83 bits per heavy atom. The van der Waals surface area contributed by atoms with E-state index in [-0.39, 0.29) is 11.6 Å². The van der Waals surface area contributed by atoms with Crippen LogP contribution in [-0.4, -0.2) is 9.97 Å². The molecule has 0 saturated heterocycles. The van der Waals surface area contributed by atoms with Gasteiger partial charge in [-0.25, -0.2) is 4.98 Å². The number of nitrogens with zero attached hydrogens (tertiary/aromatic N) is 1. The summed E-state index contributed by atoms with van der Waals surface area (Å²) in [5, 5.41) is 5.53. The average molecular weight is 383 g/mol. The molecule has 0 aliphatic heterocycles. The van der Waals surface area contributed by atoms with Crippen molar-refractivity contribution in [1.29, 1.82) is 0 Å². The van der Waals surface area contributed by atoms with Crippen LogP contribution in [0.25, 0.3) is 10.9 Å². The molecule has 0 spiro atoms. The van der Waals surface area contributed by atoms with Gasteiger partial charge in [-0.05, 0) is 42.8 Å². The largest absolute Gasteiger partial charge is 0.309 e. The second-order valence-corrected chi connectivity index (χ2v) is 6.72. The van der Waals surface area contributed by atoms with Crippen molar-refractivity contribution in [3.8, 4) is 0 Å². The predicted molar refractivity (Wildman–Crippen MR) is 99.1 cm³/mol. The van der Waals surface area contributed by atoms with Crippen LogP contribution in [0.1, 0.15) is 24.4 Å². The van der Waals surface area contributed by atoms with E-state index in [1.165, 1.54) is 0 Å². The summed E-state index contributed by atoms with van der Waals surface area (Å²) in [4.78, 5) is 19.3. The lowest BCUT2D eigenvalue weighted by atomic mass is 10.1. The van der Waals surface area contributed by atoms with Gasteiger partial charge >= 0.3 is 0 Å². The zero-order valence-electron chi connectivity index (χ0n) is 12.7. The number of halogens is 3. The zero-order chi connectivity index (χ0) is 17.3. The van der Waals surface area contributed by atoms with Crippen LogP contribution in [0.5, 0.6) is 0 Å². The van der Waals surface area contributed by atoms with Gasteiger partial charge in [0.15, 0.2) is 0 Å². The van der Waals surface area contributed by atoms with Gasteiger partial charge in [0.1, 0.15) is 5.82 Å². The first-order valence-corrected chi connectivity index (χ1v) is 8.44.